The molecule has 172 valence electrons. The van der Waals surface area contributed by atoms with Crippen molar-refractivity contribution in [1.29, 1.82) is 0 Å². The first kappa shape index (κ1) is 24.2. The molecule has 1 unspecified atom stereocenters. The van der Waals surface area contributed by atoms with Crippen LogP contribution in [-0.4, -0.2) is 17.0 Å². The van der Waals surface area contributed by atoms with E-state index >= 15 is 0 Å². The Morgan fingerprint density at radius 3 is 2.61 bits per heavy atom. The molecule has 0 aliphatic heterocycles. The van der Waals surface area contributed by atoms with Gasteiger partial charge in [0.1, 0.15) is 11.9 Å². The van der Waals surface area contributed by atoms with Gasteiger partial charge in [0, 0.05) is 34.9 Å². The van der Waals surface area contributed by atoms with Crippen LogP contribution >= 0.6 is 0 Å². The molecule has 0 radical (unpaired) electrons. The van der Waals surface area contributed by atoms with Crippen LogP contribution in [0.5, 0.6) is 5.75 Å². The van der Waals surface area contributed by atoms with Gasteiger partial charge in [-0.1, -0.05) is 64.1 Å². The van der Waals surface area contributed by atoms with Gasteiger partial charge >= 0.3 is 0 Å². The average Bonchev–Trinajstić information content (AvgIpc) is 2.83. The molecule has 1 aromatic heterocycles. The first-order chi connectivity index (χ1) is 15.9. The van der Waals surface area contributed by atoms with Crippen molar-refractivity contribution in [3.8, 4) is 5.75 Å². The summed E-state index contributed by atoms with van der Waals surface area (Å²) in [4.78, 5) is 16.9. The number of aromatic nitrogens is 1. The molecule has 4 rings (SSSR count). The highest BCUT2D eigenvalue weighted by molar-refractivity contribution is 6.06. The minimum absolute atomic E-state index is 0.0114. The first-order valence-electron chi connectivity index (χ1n) is 11.7. The molecule has 1 aliphatic carbocycles. The fourth-order valence-corrected chi connectivity index (χ4v) is 4.28. The van der Waals surface area contributed by atoms with Crippen molar-refractivity contribution in [2.24, 2.45) is 5.41 Å². The quantitative estimate of drug-likeness (QED) is 0.421. The SMILES string of the molecule is CC.CC1=C(/C=C/C(=O)Nc2cccc3cnccc23)C(C)(C)CCC1Oc1ccccc1. The van der Waals surface area contributed by atoms with Crippen molar-refractivity contribution in [3.63, 3.8) is 0 Å². The van der Waals surface area contributed by atoms with Gasteiger partial charge in [0.25, 0.3) is 0 Å². The Balaban J connectivity index is 0.00000149. The molecule has 1 atom stereocenters. The molecule has 33 heavy (non-hydrogen) atoms. The van der Waals surface area contributed by atoms with Crippen LogP contribution in [0.4, 0.5) is 5.69 Å². The summed E-state index contributed by atoms with van der Waals surface area (Å²) in [5, 5.41) is 4.98. The van der Waals surface area contributed by atoms with E-state index in [0.29, 0.717) is 0 Å². The number of allylic oxidation sites excluding steroid dienone is 2. The maximum absolute atomic E-state index is 12.7. The molecule has 2 aromatic carbocycles. The topological polar surface area (TPSA) is 51.2 Å². The second kappa shape index (κ2) is 11.0. The average molecular weight is 443 g/mol. The van der Waals surface area contributed by atoms with Gasteiger partial charge in [-0.3, -0.25) is 9.78 Å². The summed E-state index contributed by atoms with van der Waals surface area (Å²) in [7, 11) is 0. The van der Waals surface area contributed by atoms with E-state index in [1.165, 1.54) is 5.57 Å². The highest BCUT2D eigenvalue weighted by atomic mass is 16.5. The molecule has 1 amide bonds. The smallest absolute Gasteiger partial charge is 0.248 e. The van der Waals surface area contributed by atoms with E-state index in [0.717, 1.165) is 40.6 Å². The lowest BCUT2D eigenvalue weighted by Gasteiger charge is -2.37. The van der Waals surface area contributed by atoms with Crippen molar-refractivity contribution in [2.45, 2.75) is 53.6 Å². The molecular weight excluding hydrogens is 408 g/mol. The number of hydrogen-bond donors (Lipinski definition) is 1. The lowest BCUT2D eigenvalue weighted by atomic mass is 9.71. The van der Waals surface area contributed by atoms with Crippen molar-refractivity contribution < 1.29 is 9.53 Å². The normalized spacial score (nSPS) is 17.4. The molecular formula is C29H34N2O2. The predicted octanol–water partition coefficient (Wildman–Crippen LogP) is 7.34. The first-order valence-corrected chi connectivity index (χ1v) is 11.7. The minimum Gasteiger partial charge on any atom is -0.486 e. The molecule has 4 heteroatoms. The third-order valence-electron chi connectivity index (χ3n) is 6.03. The number of carbonyl (C=O) groups is 1. The van der Waals surface area contributed by atoms with Crippen LogP contribution in [0.1, 0.15) is 47.5 Å². The summed E-state index contributed by atoms with van der Waals surface area (Å²) < 4.78 is 6.24. The van der Waals surface area contributed by atoms with E-state index in [9.17, 15) is 4.79 Å². The van der Waals surface area contributed by atoms with Crippen molar-refractivity contribution >= 4 is 22.4 Å². The van der Waals surface area contributed by atoms with Gasteiger partial charge in [0.15, 0.2) is 0 Å². The van der Waals surface area contributed by atoms with Gasteiger partial charge in [0.2, 0.25) is 5.91 Å². The van der Waals surface area contributed by atoms with Gasteiger partial charge in [-0.2, -0.15) is 0 Å². The largest absolute Gasteiger partial charge is 0.486 e. The number of fused-ring (bicyclic) bond motifs is 1. The summed E-state index contributed by atoms with van der Waals surface area (Å²) >= 11 is 0. The summed E-state index contributed by atoms with van der Waals surface area (Å²) in [6.45, 7) is 10.6. The molecule has 0 fully saturated rings. The summed E-state index contributed by atoms with van der Waals surface area (Å²) in [5.74, 6) is 0.726. The van der Waals surface area contributed by atoms with Crippen LogP contribution in [0, 0.1) is 5.41 Å². The molecule has 0 spiro atoms. The lowest BCUT2D eigenvalue weighted by molar-refractivity contribution is -0.111. The van der Waals surface area contributed by atoms with Crippen LogP contribution in [-0.2, 0) is 4.79 Å². The maximum Gasteiger partial charge on any atom is 0.248 e. The van der Waals surface area contributed by atoms with E-state index in [1.807, 2.05) is 74.5 Å². The van der Waals surface area contributed by atoms with E-state index in [-0.39, 0.29) is 17.4 Å². The number of hydrogen-bond acceptors (Lipinski definition) is 3. The predicted molar refractivity (Wildman–Crippen MR) is 137 cm³/mol. The van der Waals surface area contributed by atoms with Crippen molar-refractivity contribution in [3.05, 3.63) is 90.3 Å². The number of nitrogens with zero attached hydrogens (tertiary/aromatic N) is 1. The summed E-state index contributed by atoms with van der Waals surface area (Å²) in [6.07, 6.45) is 9.10. The van der Waals surface area contributed by atoms with Gasteiger partial charge in [-0.25, -0.2) is 0 Å². The molecule has 0 saturated heterocycles. The minimum atomic E-state index is -0.147. The van der Waals surface area contributed by atoms with Crippen molar-refractivity contribution in [1.82, 2.24) is 4.98 Å². The second-order valence-corrected chi connectivity index (χ2v) is 8.66. The Morgan fingerprint density at radius 2 is 1.85 bits per heavy atom. The fraction of sp³-hybridized carbons (Fsp3) is 0.310. The van der Waals surface area contributed by atoms with Gasteiger partial charge in [0.05, 0.1) is 0 Å². The van der Waals surface area contributed by atoms with Gasteiger partial charge in [-0.15, -0.1) is 0 Å². The Hall–Kier alpha value is -3.40. The monoisotopic (exact) mass is 442 g/mol. The van der Waals surface area contributed by atoms with E-state index in [1.54, 1.807) is 18.5 Å². The van der Waals surface area contributed by atoms with Gasteiger partial charge in [-0.05, 0) is 60.6 Å². The van der Waals surface area contributed by atoms with Crippen LogP contribution in [0.3, 0.4) is 0 Å². The molecule has 1 N–H and O–H groups in total. The number of anilines is 1. The molecule has 1 aliphatic rings. The van der Waals surface area contributed by atoms with E-state index < -0.39 is 0 Å². The van der Waals surface area contributed by atoms with Crippen LogP contribution in [0.2, 0.25) is 0 Å². The zero-order chi connectivity index (χ0) is 23.8. The molecule has 4 nitrogen and oxygen atoms in total. The third-order valence-corrected chi connectivity index (χ3v) is 6.03. The van der Waals surface area contributed by atoms with E-state index in [2.05, 4.69) is 31.1 Å². The Morgan fingerprint density at radius 1 is 1.09 bits per heavy atom. The zero-order valence-electron chi connectivity index (χ0n) is 20.3. The van der Waals surface area contributed by atoms with E-state index in [4.69, 9.17) is 4.74 Å². The van der Waals surface area contributed by atoms with Crippen LogP contribution in [0.15, 0.2) is 90.3 Å². The second-order valence-electron chi connectivity index (χ2n) is 8.66. The standard InChI is InChI=1S/C27H28N2O2.C2H6/c1-19-23(27(2,3)16-14-25(19)31-21-9-5-4-6-10-21)12-13-26(30)29-24-11-7-8-20-18-28-17-15-22(20)24;1-2/h4-13,15,17-18,25H,14,16H2,1-3H3,(H,29,30);1-2H3/b13-12+;. The number of ether oxygens (including phenoxy) is 1. The highest BCUT2D eigenvalue weighted by Gasteiger charge is 2.33. The Bertz CT molecular complexity index is 1140. The molecule has 1 heterocycles. The van der Waals surface area contributed by atoms with Crippen molar-refractivity contribution in [2.75, 3.05) is 5.32 Å². The molecule has 0 saturated carbocycles. The molecule has 3 aromatic rings. The number of benzene rings is 2. The van der Waals surface area contributed by atoms with Crippen LogP contribution < -0.4 is 10.1 Å². The number of amides is 1. The number of pyridine rings is 1. The lowest BCUT2D eigenvalue weighted by Crippen LogP contribution is -2.31. The highest BCUT2D eigenvalue weighted by Crippen LogP contribution is 2.42. The van der Waals surface area contributed by atoms with Crippen LogP contribution in [0.25, 0.3) is 10.8 Å². The third kappa shape index (κ3) is 5.89. The number of nitrogens with one attached hydrogen (secondary N) is 1. The fourth-order valence-electron chi connectivity index (χ4n) is 4.28. The van der Waals surface area contributed by atoms with Gasteiger partial charge < -0.3 is 10.1 Å². The Labute approximate surface area is 197 Å². The molecule has 0 bridgehead atoms. The summed E-state index contributed by atoms with van der Waals surface area (Å²) in [5.41, 5.74) is 3.12. The number of para-hydroxylation sites is 1. The summed E-state index contributed by atoms with van der Waals surface area (Å²) in [6, 6.07) is 17.6. The maximum atomic E-state index is 12.7. The number of carbonyl (C=O) groups excluding carboxylic acids is 1. The zero-order valence-corrected chi connectivity index (χ0v) is 20.3. The number of rotatable bonds is 5. The Kier molecular flexibility index (Phi) is 8.05.